The van der Waals surface area contributed by atoms with Crippen molar-refractivity contribution < 1.29 is 14.0 Å². The Morgan fingerprint density at radius 1 is 1.16 bits per heavy atom. The highest BCUT2D eigenvalue weighted by Crippen LogP contribution is 2.19. The number of nitrogens with zero attached hydrogens (tertiary/aromatic N) is 1. The molecule has 25 heavy (non-hydrogen) atoms. The molecule has 132 valence electrons. The number of carbonyl (C=O) groups is 2. The fourth-order valence-electron chi connectivity index (χ4n) is 2.08. The van der Waals surface area contributed by atoms with Gasteiger partial charge in [0.15, 0.2) is 0 Å². The van der Waals surface area contributed by atoms with Crippen LogP contribution < -0.4 is 10.6 Å². The average Bonchev–Trinajstić information content (AvgIpc) is 2.55. The van der Waals surface area contributed by atoms with E-state index in [2.05, 4.69) is 26.6 Å². The number of rotatable bonds is 6. The van der Waals surface area contributed by atoms with Gasteiger partial charge in [-0.2, -0.15) is 0 Å². The van der Waals surface area contributed by atoms with Crippen LogP contribution >= 0.6 is 15.9 Å². The predicted molar refractivity (Wildman–Crippen MR) is 100 cm³/mol. The van der Waals surface area contributed by atoms with Crippen LogP contribution in [0.25, 0.3) is 0 Å². The zero-order valence-electron chi connectivity index (χ0n) is 14.0. The molecule has 2 N–H and O–H groups in total. The molecule has 2 amide bonds. The minimum absolute atomic E-state index is 0.0861. The maximum absolute atomic E-state index is 13.7. The van der Waals surface area contributed by atoms with Gasteiger partial charge in [0.25, 0.3) is 0 Å². The normalized spacial score (nSPS) is 10.2. The van der Waals surface area contributed by atoms with Crippen LogP contribution in [-0.2, 0) is 9.59 Å². The Kier molecular flexibility index (Phi) is 6.52. The molecule has 0 saturated carbocycles. The van der Waals surface area contributed by atoms with Gasteiger partial charge in [-0.05, 0) is 37.3 Å². The summed E-state index contributed by atoms with van der Waals surface area (Å²) in [7, 11) is 1.52. The SMILES string of the molecule is Cc1ccc(NC(=O)CN(C)C(=O)CNc2ccc(Br)cc2F)cc1. The first-order valence-electron chi connectivity index (χ1n) is 7.64. The summed E-state index contributed by atoms with van der Waals surface area (Å²) in [6.45, 7) is 1.77. The number of hydrogen-bond donors (Lipinski definition) is 2. The lowest BCUT2D eigenvalue weighted by molar-refractivity contribution is -0.131. The molecule has 2 rings (SSSR count). The molecule has 0 atom stereocenters. The minimum Gasteiger partial charge on any atom is -0.374 e. The number of halogens is 2. The average molecular weight is 408 g/mol. The molecule has 0 fully saturated rings. The van der Waals surface area contributed by atoms with Crippen LogP contribution in [0.4, 0.5) is 15.8 Å². The Labute approximate surface area is 154 Å². The minimum atomic E-state index is -0.457. The maximum Gasteiger partial charge on any atom is 0.243 e. The van der Waals surface area contributed by atoms with Crippen LogP contribution in [0, 0.1) is 12.7 Å². The fourth-order valence-corrected chi connectivity index (χ4v) is 2.41. The molecular formula is C18H19BrFN3O2. The number of aryl methyl sites for hydroxylation is 1. The predicted octanol–water partition coefficient (Wildman–Crippen LogP) is 3.41. The van der Waals surface area contributed by atoms with Crippen LogP contribution in [0.5, 0.6) is 0 Å². The van der Waals surface area contributed by atoms with E-state index in [0.29, 0.717) is 10.2 Å². The van der Waals surface area contributed by atoms with Gasteiger partial charge < -0.3 is 15.5 Å². The molecular weight excluding hydrogens is 389 g/mol. The van der Waals surface area contributed by atoms with Gasteiger partial charge in [-0.1, -0.05) is 33.6 Å². The topological polar surface area (TPSA) is 61.4 Å². The van der Waals surface area contributed by atoms with E-state index in [9.17, 15) is 14.0 Å². The van der Waals surface area contributed by atoms with Crippen molar-refractivity contribution in [3.8, 4) is 0 Å². The maximum atomic E-state index is 13.7. The summed E-state index contributed by atoms with van der Waals surface area (Å²) in [5.41, 5.74) is 2.00. The number of nitrogens with one attached hydrogen (secondary N) is 2. The van der Waals surface area contributed by atoms with E-state index in [1.165, 1.54) is 24.1 Å². The molecule has 0 saturated heterocycles. The molecule has 0 spiro atoms. The molecule has 0 bridgehead atoms. The number of carbonyl (C=O) groups excluding carboxylic acids is 2. The second kappa shape index (κ2) is 8.62. The zero-order valence-corrected chi connectivity index (χ0v) is 15.6. The summed E-state index contributed by atoms with van der Waals surface area (Å²) < 4.78 is 14.3. The highest BCUT2D eigenvalue weighted by molar-refractivity contribution is 9.10. The van der Waals surface area contributed by atoms with Gasteiger partial charge in [0.05, 0.1) is 18.8 Å². The quantitative estimate of drug-likeness (QED) is 0.770. The monoisotopic (exact) mass is 407 g/mol. The lowest BCUT2D eigenvalue weighted by Gasteiger charge is -2.17. The van der Waals surface area contributed by atoms with Crippen LogP contribution in [0.3, 0.4) is 0 Å². The summed E-state index contributed by atoms with van der Waals surface area (Å²) in [5, 5.41) is 5.46. The molecule has 0 heterocycles. The highest BCUT2D eigenvalue weighted by atomic mass is 79.9. The molecule has 0 aliphatic carbocycles. The standard InChI is InChI=1S/C18H19BrFN3O2/c1-12-3-6-14(7-4-12)22-17(24)11-23(2)18(25)10-21-16-8-5-13(19)9-15(16)20/h3-9,21H,10-11H2,1-2H3,(H,22,24). The highest BCUT2D eigenvalue weighted by Gasteiger charge is 2.13. The van der Waals surface area contributed by atoms with E-state index in [-0.39, 0.29) is 30.6 Å². The Hall–Kier alpha value is -2.41. The van der Waals surface area contributed by atoms with Gasteiger partial charge in [-0.3, -0.25) is 9.59 Å². The second-order valence-corrected chi connectivity index (χ2v) is 6.56. The van der Waals surface area contributed by atoms with Crippen molar-refractivity contribution in [3.05, 3.63) is 58.3 Å². The molecule has 0 unspecified atom stereocenters. The number of hydrogen-bond acceptors (Lipinski definition) is 3. The summed E-state index contributed by atoms with van der Waals surface area (Å²) in [5.74, 6) is -1.07. The van der Waals surface area contributed by atoms with E-state index in [4.69, 9.17) is 0 Å². The summed E-state index contributed by atoms with van der Waals surface area (Å²) in [6, 6.07) is 11.9. The first kappa shape index (κ1) is 18.9. The van der Waals surface area contributed by atoms with Gasteiger partial charge in [0.2, 0.25) is 11.8 Å². The van der Waals surface area contributed by atoms with Crippen molar-refractivity contribution in [1.29, 1.82) is 0 Å². The third kappa shape index (κ3) is 5.86. The van der Waals surface area contributed by atoms with Crippen molar-refractivity contribution in [1.82, 2.24) is 4.90 Å². The molecule has 0 aliphatic rings. The first-order valence-corrected chi connectivity index (χ1v) is 8.44. The lowest BCUT2D eigenvalue weighted by atomic mass is 10.2. The number of likely N-dealkylation sites (N-methyl/N-ethyl adjacent to an activating group) is 1. The molecule has 7 heteroatoms. The van der Waals surface area contributed by atoms with E-state index in [1.54, 1.807) is 18.2 Å². The Balaban J connectivity index is 1.82. The fraction of sp³-hybridized carbons (Fsp3) is 0.222. The molecule has 0 aromatic heterocycles. The number of amides is 2. The van der Waals surface area contributed by atoms with Crippen molar-refractivity contribution in [2.75, 3.05) is 30.8 Å². The van der Waals surface area contributed by atoms with Crippen LogP contribution in [0.15, 0.2) is 46.9 Å². The van der Waals surface area contributed by atoms with Gasteiger partial charge in [0, 0.05) is 17.2 Å². The zero-order chi connectivity index (χ0) is 18.4. The van der Waals surface area contributed by atoms with Gasteiger partial charge >= 0.3 is 0 Å². The number of anilines is 2. The lowest BCUT2D eigenvalue weighted by Crippen LogP contribution is -2.38. The third-order valence-electron chi connectivity index (χ3n) is 3.50. The Morgan fingerprint density at radius 2 is 1.84 bits per heavy atom. The van der Waals surface area contributed by atoms with E-state index < -0.39 is 5.82 Å². The third-order valence-corrected chi connectivity index (χ3v) is 4.00. The first-order chi connectivity index (χ1) is 11.8. The molecule has 0 aliphatic heterocycles. The molecule has 2 aromatic rings. The Morgan fingerprint density at radius 3 is 2.48 bits per heavy atom. The number of benzene rings is 2. The molecule has 0 radical (unpaired) electrons. The second-order valence-electron chi connectivity index (χ2n) is 5.64. The molecule has 2 aromatic carbocycles. The van der Waals surface area contributed by atoms with Gasteiger partial charge in [0.1, 0.15) is 5.82 Å². The summed E-state index contributed by atoms with van der Waals surface area (Å²) >= 11 is 3.17. The smallest absolute Gasteiger partial charge is 0.243 e. The van der Waals surface area contributed by atoms with E-state index in [1.807, 2.05) is 19.1 Å². The van der Waals surface area contributed by atoms with Gasteiger partial charge in [-0.15, -0.1) is 0 Å². The Bertz CT molecular complexity index is 765. The van der Waals surface area contributed by atoms with E-state index >= 15 is 0 Å². The van der Waals surface area contributed by atoms with Crippen molar-refractivity contribution >= 4 is 39.1 Å². The van der Waals surface area contributed by atoms with E-state index in [0.717, 1.165) is 5.56 Å². The summed E-state index contributed by atoms with van der Waals surface area (Å²) in [6.07, 6.45) is 0. The van der Waals surface area contributed by atoms with Crippen molar-refractivity contribution in [2.45, 2.75) is 6.92 Å². The van der Waals surface area contributed by atoms with Gasteiger partial charge in [-0.25, -0.2) is 4.39 Å². The summed E-state index contributed by atoms with van der Waals surface area (Å²) in [4.78, 5) is 25.4. The van der Waals surface area contributed by atoms with Crippen LogP contribution in [0.1, 0.15) is 5.56 Å². The molecule has 5 nitrogen and oxygen atoms in total. The largest absolute Gasteiger partial charge is 0.374 e. The van der Waals surface area contributed by atoms with Crippen molar-refractivity contribution in [2.24, 2.45) is 0 Å². The van der Waals surface area contributed by atoms with Crippen LogP contribution in [0.2, 0.25) is 0 Å². The van der Waals surface area contributed by atoms with Crippen LogP contribution in [-0.4, -0.2) is 36.9 Å². The van der Waals surface area contributed by atoms with Crippen molar-refractivity contribution in [3.63, 3.8) is 0 Å².